The van der Waals surface area contributed by atoms with Crippen molar-refractivity contribution in [2.75, 3.05) is 13.2 Å². The molecule has 12 heteroatoms. The van der Waals surface area contributed by atoms with E-state index in [1.165, 1.54) is 12.1 Å². The number of imide groups is 1. The lowest BCUT2D eigenvalue weighted by molar-refractivity contribution is -0.340. The third-order valence-electron chi connectivity index (χ3n) is 3.21. The Morgan fingerprint density at radius 1 is 0.958 bits per heavy atom. The number of fused-ring (bicyclic) bond motifs is 1. The number of ether oxygens (including phenoxy) is 1. The van der Waals surface area contributed by atoms with Crippen molar-refractivity contribution in [3.05, 3.63) is 35.4 Å². The Balaban J connectivity index is 1.94. The van der Waals surface area contributed by atoms with Crippen molar-refractivity contribution >= 4 is 27.0 Å². The molecule has 1 aromatic carbocycles. The van der Waals surface area contributed by atoms with Crippen LogP contribution in [0.5, 0.6) is 0 Å². The first-order valence-electron chi connectivity index (χ1n) is 6.64. The molecule has 2 amide bonds. The van der Waals surface area contributed by atoms with Crippen LogP contribution in [-0.4, -0.2) is 35.5 Å². The minimum Gasteiger partial charge on any atom is -0.809 e. The van der Waals surface area contributed by atoms with Crippen LogP contribution in [0, 0.1) is 0 Å². The smallest absolute Gasteiger partial charge is 0.261 e. The maximum Gasteiger partial charge on any atom is 0.261 e. The van der Waals surface area contributed by atoms with Gasteiger partial charge in [0.05, 0.1) is 11.1 Å². The molecule has 1 aliphatic heterocycles. The van der Waals surface area contributed by atoms with Crippen LogP contribution in [0.2, 0.25) is 0 Å². The molecule has 2 rings (SSSR count). The highest BCUT2D eigenvalue weighted by molar-refractivity contribution is 7.67. The summed E-state index contributed by atoms with van der Waals surface area (Å²) in [5.74, 6) is -1.10. The lowest BCUT2D eigenvalue weighted by Gasteiger charge is -2.48. The Bertz CT molecular complexity index is 696. The molecule has 0 radical (unpaired) electrons. The summed E-state index contributed by atoms with van der Waals surface area (Å²) in [6.45, 7) is -0.801. The van der Waals surface area contributed by atoms with Gasteiger partial charge in [-0.25, -0.2) is 0 Å². The summed E-state index contributed by atoms with van der Waals surface area (Å²) in [5.41, 5.74) is -2.57. The molecule has 0 aliphatic carbocycles. The summed E-state index contributed by atoms with van der Waals surface area (Å²) >= 11 is 0. The second-order valence-corrected chi connectivity index (χ2v) is 8.44. The molecular formula is C12H11NO9P2-4. The third kappa shape index (κ3) is 3.99. The SMILES string of the molecule is O=C1c2ccccc2C(=O)N1CCCOC(P(=O)([O-])[O-])P(=O)([O-])[O-]. The Hall–Kier alpha value is -1.38. The van der Waals surface area contributed by atoms with Crippen molar-refractivity contribution in [3.63, 3.8) is 0 Å². The van der Waals surface area contributed by atoms with Crippen LogP contribution in [0.4, 0.5) is 0 Å². The second-order valence-electron chi connectivity index (χ2n) is 4.94. The predicted octanol–water partition coefficient (Wildman–Crippen LogP) is -2.20. The molecule has 1 heterocycles. The maximum atomic E-state index is 12.0. The molecule has 0 N–H and O–H groups in total. The Kier molecular flexibility index (Phi) is 5.41. The molecule has 0 bridgehead atoms. The van der Waals surface area contributed by atoms with E-state index in [9.17, 15) is 38.3 Å². The first-order chi connectivity index (χ1) is 11.0. The third-order valence-corrected chi connectivity index (χ3v) is 6.29. The van der Waals surface area contributed by atoms with Crippen LogP contribution < -0.4 is 19.6 Å². The van der Waals surface area contributed by atoms with E-state index in [1.54, 1.807) is 12.1 Å². The van der Waals surface area contributed by atoms with Gasteiger partial charge in [-0.05, 0) is 33.7 Å². The van der Waals surface area contributed by atoms with Crippen LogP contribution in [-0.2, 0) is 13.9 Å². The number of carbonyl (C=O) groups excluding carboxylic acids is 2. The molecule has 10 nitrogen and oxygen atoms in total. The summed E-state index contributed by atoms with van der Waals surface area (Å²) in [6.07, 6.45) is -0.151. The molecule has 132 valence electrons. The van der Waals surface area contributed by atoms with E-state index in [0.717, 1.165) is 4.90 Å². The van der Waals surface area contributed by atoms with Crippen molar-refractivity contribution in [1.82, 2.24) is 4.90 Å². The molecule has 0 saturated carbocycles. The fourth-order valence-electron chi connectivity index (χ4n) is 2.21. The zero-order valence-corrected chi connectivity index (χ0v) is 13.8. The standard InChI is InChI=1S/C12H15NO9P2/c14-10-8-4-1-2-5-9(8)11(15)13(10)6-3-7-22-12(23(16,17)18)24(19,20)21/h1-2,4-5,12H,3,6-7H2,(H2,16,17,18)(H2,19,20,21)/p-4. The van der Waals surface area contributed by atoms with E-state index < -0.39 is 39.2 Å². The molecule has 0 aromatic heterocycles. The zero-order chi connectivity index (χ0) is 18.1. The van der Waals surface area contributed by atoms with Crippen LogP contribution in [0.3, 0.4) is 0 Å². The topological polar surface area (TPSA) is 173 Å². The molecule has 1 aliphatic rings. The highest BCUT2D eigenvalue weighted by Gasteiger charge is 2.34. The van der Waals surface area contributed by atoms with E-state index in [0.29, 0.717) is 0 Å². The van der Waals surface area contributed by atoms with E-state index >= 15 is 0 Å². The molecule has 1 aromatic rings. The van der Waals surface area contributed by atoms with Crippen LogP contribution in [0.15, 0.2) is 24.3 Å². The fourth-order valence-corrected chi connectivity index (χ4v) is 4.17. The van der Waals surface area contributed by atoms with E-state index in [4.69, 9.17) is 0 Å². The Labute approximate surface area is 136 Å². The largest absolute Gasteiger partial charge is 0.809 e. The predicted molar refractivity (Wildman–Crippen MR) is 71.4 cm³/mol. The minimum atomic E-state index is -5.79. The Morgan fingerprint density at radius 2 is 1.42 bits per heavy atom. The zero-order valence-electron chi connectivity index (χ0n) is 12.0. The molecule has 24 heavy (non-hydrogen) atoms. The van der Waals surface area contributed by atoms with Crippen molar-refractivity contribution in [2.24, 2.45) is 0 Å². The number of hydrogen-bond acceptors (Lipinski definition) is 9. The van der Waals surface area contributed by atoms with Gasteiger partial charge in [-0.3, -0.25) is 14.5 Å². The monoisotopic (exact) mass is 375 g/mol. The molecule has 0 unspecified atom stereocenters. The van der Waals surface area contributed by atoms with E-state index in [1.807, 2.05) is 0 Å². The van der Waals surface area contributed by atoms with Crippen LogP contribution in [0.25, 0.3) is 0 Å². The normalized spacial score (nSPS) is 15.3. The quantitative estimate of drug-likeness (QED) is 0.291. The van der Waals surface area contributed by atoms with Gasteiger partial charge in [-0.2, -0.15) is 0 Å². The lowest BCUT2D eigenvalue weighted by Crippen LogP contribution is -2.36. The molecule has 0 spiro atoms. The van der Waals surface area contributed by atoms with Crippen molar-refractivity contribution in [2.45, 2.75) is 12.0 Å². The Morgan fingerprint density at radius 3 is 1.83 bits per heavy atom. The van der Waals surface area contributed by atoms with Crippen molar-refractivity contribution in [3.8, 4) is 0 Å². The number of nitrogens with zero attached hydrogens (tertiary/aromatic N) is 1. The van der Waals surface area contributed by atoms with Gasteiger partial charge in [-0.1, -0.05) is 12.1 Å². The maximum absolute atomic E-state index is 12.0. The van der Waals surface area contributed by atoms with Crippen molar-refractivity contribution < 1.29 is 43.0 Å². The van der Waals surface area contributed by atoms with Crippen molar-refractivity contribution in [1.29, 1.82) is 0 Å². The molecule has 0 atom stereocenters. The van der Waals surface area contributed by atoms with Gasteiger partial charge in [-0.15, -0.1) is 0 Å². The number of rotatable bonds is 7. The average Bonchev–Trinajstić information content (AvgIpc) is 2.69. The lowest BCUT2D eigenvalue weighted by atomic mass is 10.1. The summed E-state index contributed by atoms with van der Waals surface area (Å²) in [5, 5.41) is 0. The van der Waals surface area contributed by atoms with Gasteiger partial charge in [0.15, 0.2) is 0 Å². The average molecular weight is 375 g/mol. The number of benzene rings is 1. The van der Waals surface area contributed by atoms with Gasteiger partial charge in [0.1, 0.15) is 5.59 Å². The van der Waals surface area contributed by atoms with Gasteiger partial charge in [0, 0.05) is 13.2 Å². The molecule has 0 saturated heterocycles. The van der Waals surface area contributed by atoms with Gasteiger partial charge in [0.25, 0.3) is 11.8 Å². The summed E-state index contributed by atoms with van der Waals surface area (Å²) in [7, 11) is -11.6. The number of amides is 2. The van der Waals surface area contributed by atoms with E-state index in [-0.39, 0.29) is 24.1 Å². The first-order valence-corrected chi connectivity index (χ1v) is 9.86. The summed E-state index contributed by atoms with van der Waals surface area (Å²) < 4.78 is 25.8. The van der Waals surface area contributed by atoms with Gasteiger partial charge < -0.3 is 33.4 Å². The number of carbonyl (C=O) groups is 2. The van der Waals surface area contributed by atoms with Crippen LogP contribution in [0.1, 0.15) is 27.1 Å². The summed E-state index contributed by atoms with van der Waals surface area (Å²) in [6, 6.07) is 6.11. The number of hydrogen-bond donors (Lipinski definition) is 0. The summed E-state index contributed by atoms with van der Waals surface area (Å²) in [4.78, 5) is 67.9. The highest BCUT2D eigenvalue weighted by Crippen LogP contribution is 2.50. The van der Waals surface area contributed by atoms with Gasteiger partial charge in [0.2, 0.25) is 0 Å². The fraction of sp³-hybridized carbons (Fsp3) is 0.333. The first kappa shape index (κ1) is 19.0. The molecular weight excluding hydrogens is 364 g/mol. The van der Waals surface area contributed by atoms with Crippen LogP contribution >= 0.6 is 15.2 Å². The highest BCUT2D eigenvalue weighted by atomic mass is 31.2. The van der Waals surface area contributed by atoms with Gasteiger partial charge >= 0.3 is 0 Å². The minimum absolute atomic E-state index is 0.151. The van der Waals surface area contributed by atoms with E-state index in [2.05, 4.69) is 4.74 Å². The molecule has 0 fully saturated rings. The second kappa shape index (κ2) is 6.85.